The Morgan fingerprint density at radius 2 is 1.70 bits per heavy atom. The molecule has 0 spiro atoms. The van der Waals surface area contributed by atoms with E-state index in [1.54, 1.807) is 12.1 Å². The number of aliphatic hydroxyl groups is 1. The van der Waals surface area contributed by atoms with Crippen LogP contribution in [0.25, 0.3) is 11.1 Å². The summed E-state index contributed by atoms with van der Waals surface area (Å²) in [6.07, 6.45) is -1.15. The molecule has 4 N–H and O–H groups in total. The van der Waals surface area contributed by atoms with Crippen molar-refractivity contribution in [3.05, 3.63) is 59.7 Å². The third-order valence-corrected chi connectivity index (χ3v) is 4.12. The monoisotopic (exact) mass is 371 g/mol. The fourth-order valence-electron chi connectivity index (χ4n) is 2.78. The molecule has 0 fully saturated rings. The minimum absolute atomic E-state index is 0.347. The van der Waals surface area contributed by atoms with E-state index >= 15 is 0 Å². The molecular weight excluding hydrogens is 346 g/mol. The first-order valence-electron chi connectivity index (χ1n) is 8.59. The summed E-state index contributed by atoms with van der Waals surface area (Å²) in [4.78, 5) is 26.0. The Bertz CT molecular complexity index is 788. The molecule has 2 aromatic carbocycles. The Hall–Kier alpha value is -2.74. The third kappa shape index (κ3) is 5.37. The molecule has 0 aliphatic rings. The van der Waals surface area contributed by atoms with E-state index in [-0.39, 0.29) is 0 Å². The zero-order chi connectivity index (χ0) is 20.0. The van der Waals surface area contributed by atoms with Gasteiger partial charge in [-0.05, 0) is 49.8 Å². The second-order valence-electron chi connectivity index (χ2n) is 6.64. The van der Waals surface area contributed by atoms with Crippen LogP contribution in [0.1, 0.15) is 22.8 Å². The summed E-state index contributed by atoms with van der Waals surface area (Å²) in [6, 6.07) is 13.8. The van der Waals surface area contributed by atoms with Crippen LogP contribution in [-0.2, 0) is 11.3 Å². The molecule has 0 radical (unpaired) electrons. The van der Waals surface area contributed by atoms with Gasteiger partial charge in [0.2, 0.25) is 0 Å². The van der Waals surface area contributed by atoms with Crippen LogP contribution in [0.5, 0.6) is 0 Å². The van der Waals surface area contributed by atoms with Crippen molar-refractivity contribution in [3.63, 3.8) is 0 Å². The Morgan fingerprint density at radius 3 is 2.26 bits per heavy atom. The highest BCUT2D eigenvalue weighted by Gasteiger charge is 2.25. The fourth-order valence-corrected chi connectivity index (χ4v) is 2.78. The van der Waals surface area contributed by atoms with E-state index < -0.39 is 24.0 Å². The van der Waals surface area contributed by atoms with Crippen molar-refractivity contribution in [1.82, 2.24) is 15.7 Å². The quantitative estimate of drug-likeness (QED) is 0.435. The first kappa shape index (κ1) is 20.6. The molecule has 7 heteroatoms. The average molecular weight is 371 g/mol. The Balaban J connectivity index is 2.20. The van der Waals surface area contributed by atoms with Gasteiger partial charge in [-0.2, -0.15) is 0 Å². The number of nitrogens with zero attached hydrogens (tertiary/aromatic N) is 1. The molecular formula is C20H25N3O4. The number of aliphatic hydroxyl groups excluding tert-OH is 1. The van der Waals surface area contributed by atoms with E-state index in [4.69, 9.17) is 5.21 Å². The lowest BCUT2D eigenvalue weighted by atomic mass is 9.98. The zero-order valence-electron chi connectivity index (χ0n) is 15.6. The second-order valence-corrected chi connectivity index (χ2v) is 6.64. The van der Waals surface area contributed by atoms with E-state index in [1.165, 1.54) is 18.0 Å². The molecule has 2 amide bonds. The predicted octanol–water partition coefficient (Wildman–Crippen LogP) is 1.40. The van der Waals surface area contributed by atoms with Crippen LogP contribution in [-0.4, -0.2) is 53.3 Å². The van der Waals surface area contributed by atoms with Crippen molar-refractivity contribution in [3.8, 4) is 11.1 Å². The molecule has 0 unspecified atom stereocenters. The molecule has 27 heavy (non-hydrogen) atoms. The van der Waals surface area contributed by atoms with Gasteiger partial charge in [0.1, 0.15) is 6.04 Å². The van der Waals surface area contributed by atoms with Crippen molar-refractivity contribution < 1.29 is 19.9 Å². The zero-order valence-corrected chi connectivity index (χ0v) is 15.6. The molecule has 2 rings (SSSR count). The number of hydrogen-bond acceptors (Lipinski definition) is 5. The lowest BCUT2D eigenvalue weighted by molar-refractivity contribution is -0.133. The highest BCUT2D eigenvalue weighted by Crippen LogP contribution is 2.25. The maximum Gasteiger partial charge on any atom is 0.268 e. The highest BCUT2D eigenvalue weighted by atomic mass is 16.5. The number of amides is 2. The minimum Gasteiger partial charge on any atom is -0.391 e. The van der Waals surface area contributed by atoms with Gasteiger partial charge in [0.15, 0.2) is 0 Å². The van der Waals surface area contributed by atoms with Gasteiger partial charge in [-0.15, -0.1) is 0 Å². The van der Waals surface area contributed by atoms with E-state index in [0.717, 1.165) is 17.7 Å². The van der Waals surface area contributed by atoms with Crippen LogP contribution in [0, 0.1) is 0 Å². The van der Waals surface area contributed by atoms with Crippen LogP contribution in [0.15, 0.2) is 48.5 Å². The predicted molar refractivity (Wildman–Crippen MR) is 102 cm³/mol. The van der Waals surface area contributed by atoms with Crippen molar-refractivity contribution >= 4 is 11.8 Å². The Labute approximate surface area is 158 Å². The van der Waals surface area contributed by atoms with E-state index in [1.807, 2.05) is 44.4 Å². The van der Waals surface area contributed by atoms with Crippen molar-refractivity contribution in [2.24, 2.45) is 0 Å². The molecule has 0 aliphatic heterocycles. The maximum atomic E-state index is 12.3. The molecule has 0 saturated carbocycles. The Kier molecular flexibility index (Phi) is 7.06. The molecule has 0 heterocycles. The molecule has 0 bridgehead atoms. The van der Waals surface area contributed by atoms with E-state index in [0.29, 0.717) is 5.56 Å². The molecule has 0 saturated heterocycles. The van der Waals surface area contributed by atoms with Crippen LogP contribution < -0.4 is 10.8 Å². The van der Waals surface area contributed by atoms with Gasteiger partial charge in [0.05, 0.1) is 6.10 Å². The number of benzene rings is 2. The molecule has 7 nitrogen and oxygen atoms in total. The summed E-state index contributed by atoms with van der Waals surface area (Å²) in [5.74, 6) is -1.40. The summed E-state index contributed by atoms with van der Waals surface area (Å²) in [5, 5.41) is 20.7. The normalized spacial score (nSPS) is 13.1. The van der Waals surface area contributed by atoms with Gasteiger partial charge in [0, 0.05) is 12.1 Å². The van der Waals surface area contributed by atoms with E-state index in [2.05, 4.69) is 16.3 Å². The van der Waals surface area contributed by atoms with Crippen molar-refractivity contribution in [2.45, 2.75) is 25.6 Å². The van der Waals surface area contributed by atoms with Gasteiger partial charge in [-0.25, -0.2) is 5.48 Å². The summed E-state index contributed by atoms with van der Waals surface area (Å²) in [7, 11) is 4.01. The first-order valence-corrected chi connectivity index (χ1v) is 8.59. The van der Waals surface area contributed by atoms with Gasteiger partial charge in [-0.1, -0.05) is 36.4 Å². The summed E-state index contributed by atoms with van der Waals surface area (Å²) < 4.78 is 0. The van der Waals surface area contributed by atoms with Crippen molar-refractivity contribution in [1.29, 1.82) is 0 Å². The van der Waals surface area contributed by atoms with Gasteiger partial charge in [-0.3, -0.25) is 14.8 Å². The lowest BCUT2D eigenvalue weighted by Gasteiger charge is -2.19. The number of hydroxylamine groups is 1. The minimum atomic E-state index is -1.25. The van der Waals surface area contributed by atoms with Crippen molar-refractivity contribution in [2.75, 3.05) is 14.1 Å². The summed E-state index contributed by atoms with van der Waals surface area (Å²) >= 11 is 0. The number of nitrogens with one attached hydrogen (secondary N) is 2. The first-order chi connectivity index (χ1) is 12.8. The summed E-state index contributed by atoms with van der Waals surface area (Å²) in [6.45, 7) is 2.15. The van der Waals surface area contributed by atoms with Crippen LogP contribution in [0.2, 0.25) is 0 Å². The smallest absolute Gasteiger partial charge is 0.268 e. The highest BCUT2D eigenvalue weighted by molar-refractivity contribution is 5.98. The van der Waals surface area contributed by atoms with Crippen LogP contribution in [0.4, 0.5) is 0 Å². The van der Waals surface area contributed by atoms with Gasteiger partial charge in [0.25, 0.3) is 11.8 Å². The largest absolute Gasteiger partial charge is 0.391 e. The molecule has 144 valence electrons. The SMILES string of the molecule is C[C@@H](O)[C@H](NC(=O)c1ccc(-c2ccccc2CN(C)C)cc1)C(=O)NO. The standard InChI is InChI=1S/C20H25N3O4/c1-13(24)18(20(26)22-27)21-19(25)15-10-8-14(9-11-15)17-7-5-4-6-16(17)12-23(2)3/h4-11,13,18,24,27H,12H2,1-3H3,(H,21,25)(H,22,26)/t13-,18+/m1/s1. The molecule has 2 atom stereocenters. The Morgan fingerprint density at radius 1 is 1.07 bits per heavy atom. The number of rotatable bonds is 7. The summed E-state index contributed by atoms with van der Waals surface area (Å²) in [5.41, 5.74) is 5.02. The maximum absolute atomic E-state index is 12.3. The number of hydrogen-bond donors (Lipinski definition) is 4. The number of carbonyl (C=O) groups excluding carboxylic acids is 2. The third-order valence-electron chi connectivity index (χ3n) is 4.12. The fraction of sp³-hybridized carbons (Fsp3) is 0.300. The van der Waals surface area contributed by atoms with Crippen LogP contribution in [0.3, 0.4) is 0 Å². The lowest BCUT2D eigenvalue weighted by Crippen LogP contribution is -2.51. The average Bonchev–Trinajstić information content (AvgIpc) is 2.65. The van der Waals surface area contributed by atoms with Gasteiger partial charge >= 0.3 is 0 Å². The topological polar surface area (TPSA) is 102 Å². The molecule has 2 aromatic rings. The van der Waals surface area contributed by atoms with Crippen LogP contribution >= 0.6 is 0 Å². The van der Waals surface area contributed by atoms with E-state index in [9.17, 15) is 14.7 Å². The molecule has 0 aliphatic carbocycles. The number of carbonyl (C=O) groups is 2. The van der Waals surface area contributed by atoms with Gasteiger partial charge < -0.3 is 15.3 Å². The second kappa shape index (κ2) is 9.27. The molecule has 0 aromatic heterocycles.